The van der Waals surface area contributed by atoms with Crippen LogP contribution in [-0.4, -0.2) is 16.9 Å². The van der Waals surface area contributed by atoms with Gasteiger partial charge >= 0.3 is 0 Å². The number of aryl methyl sites for hydroxylation is 1. The highest BCUT2D eigenvalue weighted by Crippen LogP contribution is 2.34. The molecule has 0 bridgehead atoms. The van der Waals surface area contributed by atoms with Crippen molar-refractivity contribution in [3.05, 3.63) is 89.1 Å². The minimum absolute atomic E-state index is 0.0568. The van der Waals surface area contributed by atoms with Gasteiger partial charge in [-0.05, 0) is 61.0 Å². The molecule has 6 nitrogen and oxygen atoms in total. The van der Waals surface area contributed by atoms with Gasteiger partial charge in [-0.25, -0.2) is 4.90 Å². The third kappa shape index (κ3) is 3.73. The summed E-state index contributed by atoms with van der Waals surface area (Å²) in [7, 11) is 0. The van der Waals surface area contributed by atoms with Gasteiger partial charge in [0.2, 0.25) is 0 Å². The average Bonchev–Trinajstić information content (AvgIpc) is 2.95. The van der Waals surface area contributed by atoms with E-state index in [2.05, 4.69) is 5.32 Å². The molecule has 3 aromatic carbocycles. The van der Waals surface area contributed by atoms with Crippen LogP contribution in [0.1, 0.15) is 5.56 Å². The number of nitrogens with zero attached hydrogens (tertiary/aromatic N) is 1. The predicted molar refractivity (Wildman–Crippen MR) is 115 cm³/mol. The van der Waals surface area contributed by atoms with Gasteiger partial charge in [-0.2, -0.15) is 0 Å². The summed E-state index contributed by atoms with van der Waals surface area (Å²) >= 11 is 6.15. The fraction of sp³-hybridized carbons (Fsp3) is 0.0435. The Balaban J connectivity index is 1.55. The van der Waals surface area contributed by atoms with Crippen LogP contribution in [0.25, 0.3) is 0 Å². The van der Waals surface area contributed by atoms with Crippen LogP contribution in [0.5, 0.6) is 17.2 Å². The molecule has 0 spiro atoms. The summed E-state index contributed by atoms with van der Waals surface area (Å²) in [6, 6.07) is 20.7. The van der Waals surface area contributed by atoms with E-state index >= 15 is 0 Å². The van der Waals surface area contributed by atoms with Gasteiger partial charge in [0.05, 0.1) is 11.4 Å². The molecule has 0 radical (unpaired) electrons. The maximum Gasteiger partial charge on any atom is 0.283 e. The Morgan fingerprint density at radius 1 is 0.900 bits per heavy atom. The van der Waals surface area contributed by atoms with Crippen LogP contribution in [0.15, 0.2) is 83.5 Å². The van der Waals surface area contributed by atoms with Gasteiger partial charge in [0.1, 0.15) is 28.0 Å². The van der Waals surface area contributed by atoms with Crippen LogP contribution in [0.2, 0.25) is 0 Å². The monoisotopic (exact) mass is 420 g/mol. The van der Waals surface area contributed by atoms with Crippen molar-refractivity contribution in [2.24, 2.45) is 0 Å². The number of imide groups is 1. The number of para-hydroxylation sites is 1. The Labute approximate surface area is 178 Å². The van der Waals surface area contributed by atoms with E-state index in [0.29, 0.717) is 17.2 Å². The molecule has 0 fully saturated rings. The summed E-state index contributed by atoms with van der Waals surface area (Å²) in [5, 5.41) is 12.6. The number of anilines is 2. The smallest absolute Gasteiger partial charge is 0.283 e. The second-order valence-electron chi connectivity index (χ2n) is 6.69. The zero-order chi connectivity index (χ0) is 21.3. The molecule has 7 heteroatoms. The minimum Gasteiger partial charge on any atom is -0.506 e. The second-order valence-corrected chi connectivity index (χ2v) is 7.07. The van der Waals surface area contributed by atoms with Gasteiger partial charge in [0.25, 0.3) is 11.8 Å². The molecule has 2 N–H and O–H groups in total. The van der Waals surface area contributed by atoms with Crippen molar-refractivity contribution in [3.8, 4) is 17.2 Å². The fourth-order valence-electron chi connectivity index (χ4n) is 3.02. The lowest BCUT2D eigenvalue weighted by molar-refractivity contribution is -0.120. The molecule has 1 aliphatic heterocycles. The Kier molecular flexibility index (Phi) is 5.16. The minimum atomic E-state index is -0.645. The van der Waals surface area contributed by atoms with E-state index in [4.69, 9.17) is 16.3 Å². The van der Waals surface area contributed by atoms with Crippen molar-refractivity contribution >= 4 is 34.8 Å². The topological polar surface area (TPSA) is 78.9 Å². The average molecular weight is 421 g/mol. The highest BCUT2D eigenvalue weighted by molar-refractivity contribution is 6.53. The maximum atomic E-state index is 12.9. The SMILES string of the molecule is Cc1ccc(O)c(NC2=C(Cl)C(=O)N(c3ccc(Oc4ccccc4)cc3)C2=O)c1. The highest BCUT2D eigenvalue weighted by atomic mass is 35.5. The lowest BCUT2D eigenvalue weighted by Crippen LogP contribution is -2.32. The van der Waals surface area contributed by atoms with Crippen molar-refractivity contribution in [3.63, 3.8) is 0 Å². The van der Waals surface area contributed by atoms with Crippen molar-refractivity contribution < 1.29 is 19.4 Å². The normalized spacial score (nSPS) is 13.7. The first-order chi connectivity index (χ1) is 14.4. The van der Waals surface area contributed by atoms with Gasteiger partial charge < -0.3 is 15.2 Å². The molecule has 3 aromatic rings. The number of hydrogen-bond acceptors (Lipinski definition) is 5. The number of hydrogen-bond donors (Lipinski definition) is 2. The largest absolute Gasteiger partial charge is 0.506 e. The van der Waals surface area contributed by atoms with E-state index in [-0.39, 0.29) is 22.2 Å². The second kappa shape index (κ2) is 7.93. The van der Waals surface area contributed by atoms with E-state index in [1.807, 2.05) is 37.3 Å². The third-order valence-corrected chi connectivity index (χ3v) is 4.86. The first-order valence-corrected chi connectivity index (χ1v) is 9.50. The molecule has 0 saturated carbocycles. The maximum absolute atomic E-state index is 12.9. The number of carbonyl (C=O) groups is 2. The third-order valence-electron chi connectivity index (χ3n) is 4.51. The first-order valence-electron chi connectivity index (χ1n) is 9.12. The van der Waals surface area contributed by atoms with E-state index in [0.717, 1.165) is 10.5 Å². The van der Waals surface area contributed by atoms with E-state index in [9.17, 15) is 14.7 Å². The number of halogens is 1. The molecule has 0 saturated heterocycles. The lowest BCUT2D eigenvalue weighted by atomic mass is 10.2. The quantitative estimate of drug-likeness (QED) is 0.452. The standard InChI is InChI=1S/C23H17ClN2O4/c1-14-7-12-19(27)18(13-14)25-21-20(24)22(28)26(23(21)29)15-8-10-17(11-9-15)30-16-5-3-2-4-6-16/h2-13,25,27H,1H3. The molecule has 0 aliphatic carbocycles. The number of carbonyl (C=O) groups excluding carboxylic acids is 2. The van der Waals surface area contributed by atoms with Crippen LogP contribution in [0, 0.1) is 6.92 Å². The van der Waals surface area contributed by atoms with Gasteiger partial charge in [0.15, 0.2) is 0 Å². The Morgan fingerprint density at radius 2 is 1.57 bits per heavy atom. The van der Waals surface area contributed by atoms with Gasteiger partial charge in [-0.15, -0.1) is 0 Å². The Hall–Kier alpha value is -3.77. The molecule has 30 heavy (non-hydrogen) atoms. The molecule has 2 amide bonds. The number of benzene rings is 3. The number of aromatic hydroxyl groups is 1. The molecule has 1 aliphatic rings. The van der Waals surface area contributed by atoms with E-state index < -0.39 is 11.8 Å². The molecule has 0 unspecified atom stereocenters. The lowest BCUT2D eigenvalue weighted by Gasteiger charge is -2.16. The van der Waals surface area contributed by atoms with Crippen molar-refractivity contribution in [1.29, 1.82) is 0 Å². The molecule has 1 heterocycles. The number of nitrogens with one attached hydrogen (secondary N) is 1. The van der Waals surface area contributed by atoms with E-state index in [1.165, 1.54) is 6.07 Å². The number of phenols is 1. The molecule has 0 aromatic heterocycles. The number of rotatable bonds is 5. The highest BCUT2D eigenvalue weighted by Gasteiger charge is 2.39. The zero-order valence-corrected chi connectivity index (χ0v) is 16.7. The molecule has 0 atom stereocenters. The van der Waals surface area contributed by atoms with Gasteiger partial charge in [0, 0.05) is 0 Å². The summed E-state index contributed by atoms with van der Waals surface area (Å²) in [5.74, 6) is -0.0757. The summed E-state index contributed by atoms with van der Waals surface area (Å²) < 4.78 is 5.73. The fourth-order valence-corrected chi connectivity index (χ4v) is 3.23. The summed E-state index contributed by atoms with van der Waals surface area (Å²) in [6.45, 7) is 1.84. The predicted octanol–water partition coefficient (Wildman–Crippen LogP) is 4.93. The first kappa shape index (κ1) is 19.5. The number of ether oxygens (including phenoxy) is 1. The summed E-state index contributed by atoms with van der Waals surface area (Å²) in [6.07, 6.45) is 0. The van der Waals surface area contributed by atoms with E-state index in [1.54, 1.807) is 36.4 Å². The van der Waals surface area contributed by atoms with Gasteiger partial charge in [-0.3, -0.25) is 9.59 Å². The Bertz CT molecular complexity index is 1160. The molecule has 4 rings (SSSR count). The van der Waals surface area contributed by atoms with Crippen LogP contribution in [0.3, 0.4) is 0 Å². The molecule has 150 valence electrons. The van der Waals surface area contributed by atoms with Crippen LogP contribution < -0.4 is 15.0 Å². The number of amides is 2. The number of phenolic OH excluding ortho intramolecular Hbond substituents is 1. The Morgan fingerprint density at radius 3 is 2.27 bits per heavy atom. The van der Waals surface area contributed by atoms with Crippen molar-refractivity contribution in [2.75, 3.05) is 10.2 Å². The zero-order valence-electron chi connectivity index (χ0n) is 15.9. The van der Waals surface area contributed by atoms with Crippen LogP contribution in [-0.2, 0) is 9.59 Å². The van der Waals surface area contributed by atoms with Crippen molar-refractivity contribution in [1.82, 2.24) is 0 Å². The molecular weight excluding hydrogens is 404 g/mol. The van der Waals surface area contributed by atoms with Crippen LogP contribution in [0.4, 0.5) is 11.4 Å². The van der Waals surface area contributed by atoms with Crippen molar-refractivity contribution in [2.45, 2.75) is 6.92 Å². The van der Waals surface area contributed by atoms with Gasteiger partial charge in [-0.1, -0.05) is 35.9 Å². The summed E-state index contributed by atoms with van der Waals surface area (Å²) in [4.78, 5) is 26.5. The molecular formula is C23H17ClN2O4. The summed E-state index contributed by atoms with van der Waals surface area (Å²) in [5.41, 5.74) is 1.42. The van der Waals surface area contributed by atoms with Crippen LogP contribution >= 0.6 is 11.6 Å².